The van der Waals surface area contributed by atoms with Gasteiger partial charge in [-0.25, -0.2) is 4.79 Å². The third-order valence-corrected chi connectivity index (χ3v) is 6.01. The zero-order valence-electron chi connectivity index (χ0n) is 17.0. The Bertz CT molecular complexity index is 1150. The van der Waals surface area contributed by atoms with Crippen LogP contribution in [-0.2, 0) is 4.74 Å². The van der Waals surface area contributed by atoms with Crippen molar-refractivity contribution in [3.05, 3.63) is 45.2 Å². The van der Waals surface area contributed by atoms with Crippen molar-refractivity contribution in [1.82, 2.24) is 19.5 Å². The van der Waals surface area contributed by atoms with Gasteiger partial charge in [-0.1, -0.05) is 39.4 Å². The summed E-state index contributed by atoms with van der Waals surface area (Å²) in [6, 6.07) is 9.35. The molecule has 30 heavy (non-hydrogen) atoms. The normalized spacial score (nSPS) is 14.9. The molecule has 1 saturated heterocycles. The van der Waals surface area contributed by atoms with Crippen LogP contribution in [0.3, 0.4) is 0 Å². The molecule has 3 aromatic rings. The molecule has 0 spiro atoms. The molecule has 1 amide bonds. The van der Waals surface area contributed by atoms with Crippen molar-refractivity contribution in [2.45, 2.75) is 26.4 Å². The summed E-state index contributed by atoms with van der Waals surface area (Å²) in [4.78, 5) is 32.9. The average Bonchev–Trinajstić information content (AvgIpc) is 3.10. The quantitative estimate of drug-likeness (QED) is 0.544. The van der Waals surface area contributed by atoms with Crippen molar-refractivity contribution in [2.75, 3.05) is 31.1 Å². The molecule has 4 rings (SSSR count). The maximum absolute atomic E-state index is 12.3. The number of hydrogen-bond donors (Lipinski definition) is 0. The molecule has 1 fully saturated rings. The Labute approximate surface area is 186 Å². The molecular formula is C20H22BrN5O3S. The number of anilines is 1. The largest absolute Gasteiger partial charge is 0.444 e. The molecule has 1 aromatic carbocycles. The summed E-state index contributed by atoms with van der Waals surface area (Å²) in [6.07, 6.45) is -0.315. The third-order valence-electron chi connectivity index (χ3n) is 4.56. The molecular weight excluding hydrogens is 470 g/mol. The molecule has 0 radical (unpaired) electrons. The number of halogens is 1. The van der Waals surface area contributed by atoms with Crippen LogP contribution in [0.1, 0.15) is 20.8 Å². The van der Waals surface area contributed by atoms with Crippen molar-refractivity contribution in [2.24, 2.45) is 0 Å². The minimum Gasteiger partial charge on any atom is -0.444 e. The zero-order chi connectivity index (χ0) is 21.5. The molecule has 10 heteroatoms. The lowest BCUT2D eigenvalue weighted by Gasteiger charge is -2.36. The van der Waals surface area contributed by atoms with E-state index in [1.807, 2.05) is 45.0 Å². The molecule has 8 nitrogen and oxygen atoms in total. The van der Waals surface area contributed by atoms with Crippen LogP contribution in [0, 0.1) is 0 Å². The Balaban J connectivity index is 1.59. The number of fused-ring (bicyclic) bond motifs is 1. The van der Waals surface area contributed by atoms with E-state index >= 15 is 0 Å². The van der Waals surface area contributed by atoms with Gasteiger partial charge in [0, 0.05) is 42.3 Å². The monoisotopic (exact) mass is 491 g/mol. The molecule has 1 aliphatic heterocycles. The number of amides is 1. The second-order valence-corrected chi connectivity index (χ2v) is 9.89. The highest BCUT2D eigenvalue weighted by Gasteiger charge is 2.27. The van der Waals surface area contributed by atoms with E-state index < -0.39 is 5.60 Å². The van der Waals surface area contributed by atoms with Gasteiger partial charge in [0.25, 0.3) is 5.56 Å². The summed E-state index contributed by atoms with van der Waals surface area (Å²) in [5, 5.41) is 5.49. The van der Waals surface area contributed by atoms with Crippen LogP contribution in [0.2, 0.25) is 0 Å². The van der Waals surface area contributed by atoms with Gasteiger partial charge >= 0.3 is 6.09 Å². The van der Waals surface area contributed by atoms with E-state index in [0.29, 0.717) is 37.0 Å². The highest BCUT2D eigenvalue weighted by molar-refractivity contribution is 9.10. The van der Waals surface area contributed by atoms with Crippen LogP contribution in [0.25, 0.3) is 15.5 Å². The fourth-order valence-corrected chi connectivity index (χ4v) is 4.51. The molecule has 0 N–H and O–H groups in total. The first-order valence-corrected chi connectivity index (χ1v) is 11.2. The Hall–Kier alpha value is -2.46. The third kappa shape index (κ3) is 4.49. The summed E-state index contributed by atoms with van der Waals surface area (Å²) in [6.45, 7) is 7.74. The molecule has 2 aromatic heterocycles. The van der Waals surface area contributed by atoms with Crippen LogP contribution in [-0.4, -0.2) is 57.4 Å². The first-order valence-electron chi connectivity index (χ1n) is 9.59. The number of aromatic nitrogens is 3. The minimum absolute atomic E-state index is 0.302. The minimum atomic E-state index is -0.526. The highest BCUT2D eigenvalue weighted by Crippen LogP contribution is 2.29. The standard InChI is InChI=1S/C20H22BrN5O3S/c1-20(2,3)29-19(28)25-9-7-24(8-10-25)16-12-15(27)22-18-26(16)23-17(30-18)13-5-4-6-14(21)11-13/h4-6,11-12H,7-10H2,1-3H3. The lowest BCUT2D eigenvalue weighted by atomic mass is 10.2. The number of carbonyl (C=O) groups excluding carboxylic acids is 1. The van der Waals surface area contributed by atoms with E-state index in [1.54, 1.807) is 9.42 Å². The van der Waals surface area contributed by atoms with Gasteiger partial charge in [0.2, 0.25) is 4.96 Å². The first-order chi connectivity index (χ1) is 14.2. The molecule has 0 unspecified atom stereocenters. The fraction of sp³-hybridized carbons (Fsp3) is 0.400. The van der Waals surface area contributed by atoms with Gasteiger partial charge in [0.05, 0.1) is 0 Å². The van der Waals surface area contributed by atoms with Gasteiger partial charge in [0.15, 0.2) is 0 Å². The number of hydrogen-bond acceptors (Lipinski definition) is 7. The van der Waals surface area contributed by atoms with Crippen molar-refractivity contribution in [3.63, 3.8) is 0 Å². The van der Waals surface area contributed by atoms with E-state index in [2.05, 4.69) is 25.8 Å². The van der Waals surface area contributed by atoms with E-state index in [4.69, 9.17) is 9.84 Å². The lowest BCUT2D eigenvalue weighted by Crippen LogP contribution is -2.50. The fourth-order valence-electron chi connectivity index (χ4n) is 3.21. The number of ether oxygens (including phenoxy) is 1. The van der Waals surface area contributed by atoms with Crippen molar-refractivity contribution >= 4 is 44.1 Å². The van der Waals surface area contributed by atoms with Gasteiger partial charge in [0.1, 0.15) is 16.4 Å². The number of carbonyl (C=O) groups is 1. The molecule has 0 atom stereocenters. The predicted molar refractivity (Wildman–Crippen MR) is 120 cm³/mol. The van der Waals surface area contributed by atoms with Crippen molar-refractivity contribution < 1.29 is 9.53 Å². The summed E-state index contributed by atoms with van der Waals surface area (Å²) < 4.78 is 8.13. The average molecular weight is 492 g/mol. The Morgan fingerprint density at radius 2 is 1.90 bits per heavy atom. The Kier molecular flexibility index (Phi) is 5.54. The van der Waals surface area contributed by atoms with Crippen LogP contribution in [0.5, 0.6) is 0 Å². The van der Waals surface area contributed by atoms with E-state index in [1.165, 1.54) is 17.4 Å². The summed E-state index contributed by atoms with van der Waals surface area (Å²) in [5.74, 6) is 0.686. The number of piperazine rings is 1. The molecule has 3 heterocycles. The van der Waals surface area contributed by atoms with Gasteiger partial charge in [-0.05, 0) is 32.9 Å². The summed E-state index contributed by atoms with van der Waals surface area (Å²) in [5.41, 5.74) is 0.124. The first kappa shape index (κ1) is 20.8. The van der Waals surface area contributed by atoms with Gasteiger partial charge in [-0.3, -0.25) is 4.79 Å². The SMILES string of the molecule is CC(C)(C)OC(=O)N1CCN(c2cc(=O)nc3sc(-c4cccc(Br)c4)nn23)CC1. The molecule has 0 bridgehead atoms. The van der Waals surface area contributed by atoms with Gasteiger partial charge in [-0.2, -0.15) is 14.6 Å². The zero-order valence-corrected chi connectivity index (χ0v) is 19.4. The van der Waals surface area contributed by atoms with Crippen LogP contribution in [0.15, 0.2) is 39.6 Å². The summed E-state index contributed by atoms with van der Waals surface area (Å²) in [7, 11) is 0. The Morgan fingerprint density at radius 3 is 2.57 bits per heavy atom. The van der Waals surface area contributed by atoms with Gasteiger partial charge < -0.3 is 14.5 Å². The highest BCUT2D eigenvalue weighted by atomic mass is 79.9. The molecule has 158 valence electrons. The van der Waals surface area contributed by atoms with Gasteiger partial charge in [-0.15, -0.1) is 0 Å². The molecule has 1 aliphatic rings. The molecule has 0 aliphatic carbocycles. The Morgan fingerprint density at radius 1 is 1.17 bits per heavy atom. The number of benzene rings is 1. The second-order valence-electron chi connectivity index (χ2n) is 8.02. The van der Waals surface area contributed by atoms with Crippen LogP contribution < -0.4 is 10.5 Å². The van der Waals surface area contributed by atoms with Crippen LogP contribution in [0.4, 0.5) is 10.6 Å². The second kappa shape index (κ2) is 7.99. The molecule has 0 saturated carbocycles. The van der Waals surface area contributed by atoms with E-state index in [0.717, 1.165) is 15.0 Å². The lowest BCUT2D eigenvalue weighted by molar-refractivity contribution is 0.0240. The maximum Gasteiger partial charge on any atom is 0.410 e. The van der Waals surface area contributed by atoms with Crippen molar-refractivity contribution in [1.29, 1.82) is 0 Å². The van der Waals surface area contributed by atoms with Crippen molar-refractivity contribution in [3.8, 4) is 10.6 Å². The predicted octanol–water partition coefficient (Wildman–Crippen LogP) is 3.64. The number of rotatable bonds is 2. The maximum atomic E-state index is 12.3. The summed E-state index contributed by atoms with van der Waals surface area (Å²) >= 11 is 4.85. The van der Waals surface area contributed by atoms with Crippen LogP contribution >= 0.6 is 27.3 Å². The number of nitrogens with zero attached hydrogens (tertiary/aromatic N) is 5. The smallest absolute Gasteiger partial charge is 0.410 e. The van der Waals surface area contributed by atoms with E-state index in [9.17, 15) is 9.59 Å². The van der Waals surface area contributed by atoms with E-state index in [-0.39, 0.29) is 11.7 Å². The topological polar surface area (TPSA) is 80.0 Å².